The standard InChI is InChI=1S/C20H28N2O5S/c1-12-15(9-10-16(23)24)27-19-17(21-20(28-19)22(2)3)18(12)26-11-13-5-7-14(25-4)8-6-13/h5-8,12,15,17-19H,9-11H2,1-4H3,(H,23,24)/t12-,15-,17-,18+,19-/m1/s1. The second-order valence-corrected chi connectivity index (χ2v) is 8.44. The predicted octanol–water partition coefficient (Wildman–Crippen LogP) is 2.84. The van der Waals surface area contributed by atoms with Crippen molar-refractivity contribution in [3.05, 3.63) is 29.8 Å². The molecule has 5 atom stereocenters. The van der Waals surface area contributed by atoms with Crippen LogP contribution in [0.3, 0.4) is 0 Å². The van der Waals surface area contributed by atoms with Crippen LogP contribution in [0.5, 0.6) is 5.75 Å². The van der Waals surface area contributed by atoms with Crippen molar-refractivity contribution in [1.29, 1.82) is 0 Å². The van der Waals surface area contributed by atoms with Crippen LogP contribution in [-0.4, -0.2) is 66.0 Å². The quantitative estimate of drug-likeness (QED) is 0.743. The number of benzene rings is 1. The van der Waals surface area contributed by atoms with Crippen molar-refractivity contribution in [2.75, 3.05) is 21.2 Å². The summed E-state index contributed by atoms with van der Waals surface area (Å²) in [6.07, 6.45) is 0.260. The van der Waals surface area contributed by atoms with E-state index in [-0.39, 0.29) is 36.0 Å². The van der Waals surface area contributed by atoms with Gasteiger partial charge in [0.15, 0.2) is 5.17 Å². The van der Waals surface area contributed by atoms with E-state index >= 15 is 0 Å². The second kappa shape index (κ2) is 9.15. The molecule has 8 heteroatoms. The molecule has 1 saturated heterocycles. The Morgan fingerprint density at radius 3 is 2.64 bits per heavy atom. The van der Waals surface area contributed by atoms with Gasteiger partial charge in [-0.3, -0.25) is 9.79 Å². The van der Waals surface area contributed by atoms with Crippen LogP contribution in [0.1, 0.15) is 25.3 Å². The molecule has 154 valence electrons. The average Bonchev–Trinajstić information content (AvgIpc) is 3.10. The zero-order valence-electron chi connectivity index (χ0n) is 16.7. The van der Waals surface area contributed by atoms with Crippen LogP contribution in [0.2, 0.25) is 0 Å². The molecule has 1 N–H and O–H groups in total. The molecule has 1 aromatic carbocycles. The Kier molecular flexibility index (Phi) is 6.85. The Morgan fingerprint density at radius 2 is 2.04 bits per heavy atom. The number of thioether (sulfide) groups is 1. The predicted molar refractivity (Wildman–Crippen MR) is 109 cm³/mol. The van der Waals surface area contributed by atoms with Gasteiger partial charge < -0.3 is 24.2 Å². The number of carboxylic acids is 1. The number of rotatable bonds is 7. The third-order valence-corrected chi connectivity index (χ3v) is 6.44. The first-order valence-corrected chi connectivity index (χ1v) is 10.3. The molecule has 3 rings (SSSR count). The fourth-order valence-corrected chi connectivity index (χ4v) is 4.68. The maximum Gasteiger partial charge on any atom is 0.303 e. The number of aliphatic carboxylic acids is 1. The third kappa shape index (κ3) is 4.79. The van der Waals surface area contributed by atoms with Crippen LogP contribution >= 0.6 is 11.8 Å². The van der Waals surface area contributed by atoms with Crippen LogP contribution in [0.25, 0.3) is 0 Å². The number of ether oxygens (including phenoxy) is 3. The number of amidine groups is 1. The van der Waals surface area contributed by atoms with E-state index in [1.54, 1.807) is 18.9 Å². The minimum absolute atomic E-state index is 0.0460. The Balaban J connectivity index is 1.73. The molecule has 7 nitrogen and oxygen atoms in total. The minimum Gasteiger partial charge on any atom is -0.497 e. The molecule has 2 heterocycles. The summed E-state index contributed by atoms with van der Waals surface area (Å²) in [5.74, 6) is 0.0482. The first kappa shape index (κ1) is 21.0. The van der Waals surface area contributed by atoms with Gasteiger partial charge in [-0.2, -0.15) is 0 Å². The first-order valence-electron chi connectivity index (χ1n) is 9.42. The lowest BCUT2D eigenvalue weighted by Gasteiger charge is -2.41. The second-order valence-electron chi connectivity index (χ2n) is 7.37. The van der Waals surface area contributed by atoms with E-state index in [0.29, 0.717) is 13.0 Å². The van der Waals surface area contributed by atoms with E-state index in [0.717, 1.165) is 16.5 Å². The summed E-state index contributed by atoms with van der Waals surface area (Å²) in [4.78, 5) is 17.8. The van der Waals surface area contributed by atoms with Gasteiger partial charge in [0.25, 0.3) is 0 Å². The van der Waals surface area contributed by atoms with Gasteiger partial charge in [-0.05, 0) is 24.1 Å². The number of hydrogen-bond donors (Lipinski definition) is 1. The van der Waals surface area contributed by atoms with E-state index in [1.165, 1.54) is 0 Å². The molecule has 2 aliphatic rings. The summed E-state index contributed by atoms with van der Waals surface area (Å²) in [7, 11) is 5.56. The maximum absolute atomic E-state index is 11.0. The number of carboxylic acid groups (broad SMARTS) is 1. The van der Waals surface area contributed by atoms with Gasteiger partial charge in [0, 0.05) is 26.4 Å². The number of fused-ring (bicyclic) bond motifs is 1. The fraction of sp³-hybridized carbons (Fsp3) is 0.600. The summed E-state index contributed by atoms with van der Waals surface area (Å²) in [5, 5.41) is 9.98. The smallest absolute Gasteiger partial charge is 0.303 e. The molecule has 0 aromatic heterocycles. The topological polar surface area (TPSA) is 80.6 Å². The Bertz CT molecular complexity index is 709. The van der Waals surface area contributed by atoms with Crippen LogP contribution in [0.15, 0.2) is 29.3 Å². The lowest BCUT2D eigenvalue weighted by atomic mass is 9.87. The van der Waals surface area contributed by atoms with Crippen molar-refractivity contribution in [3.63, 3.8) is 0 Å². The molecule has 0 spiro atoms. The summed E-state index contributed by atoms with van der Waals surface area (Å²) < 4.78 is 17.8. The normalized spacial score (nSPS) is 29.1. The van der Waals surface area contributed by atoms with E-state index in [2.05, 4.69) is 6.92 Å². The molecule has 0 radical (unpaired) electrons. The third-order valence-electron chi connectivity index (χ3n) is 5.14. The Hall–Kier alpha value is -1.77. The minimum atomic E-state index is -0.807. The fourth-order valence-electron chi connectivity index (χ4n) is 3.53. The maximum atomic E-state index is 11.0. The van der Waals surface area contributed by atoms with Gasteiger partial charge in [-0.25, -0.2) is 0 Å². The summed E-state index contributed by atoms with van der Waals surface area (Å²) in [6, 6.07) is 7.70. The van der Waals surface area contributed by atoms with Crippen LogP contribution in [0, 0.1) is 5.92 Å². The highest BCUT2D eigenvalue weighted by molar-refractivity contribution is 8.14. The van der Waals surface area contributed by atoms with Gasteiger partial charge in [0.05, 0.1) is 25.9 Å². The number of hydrogen-bond acceptors (Lipinski definition) is 7. The summed E-state index contributed by atoms with van der Waals surface area (Å²) in [5.41, 5.74) is 0.911. The lowest BCUT2D eigenvalue weighted by molar-refractivity contribution is -0.148. The van der Waals surface area contributed by atoms with E-state index in [4.69, 9.17) is 24.3 Å². The highest BCUT2D eigenvalue weighted by Gasteiger charge is 2.48. The molecule has 2 aliphatic heterocycles. The van der Waals surface area contributed by atoms with Crippen LogP contribution in [0.4, 0.5) is 0 Å². The van der Waals surface area contributed by atoms with E-state index in [9.17, 15) is 4.79 Å². The van der Waals surface area contributed by atoms with Crippen LogP contribution < -0.4 is 4.74 Å². The number of nitrogens with zero attached hydrogens (tertiary/aromatic N) is 2. The summed E-state index contributed by atoms with van der Waals surface area (Å²) in [6.45, 7) is 2.53. The van der Waals surface area contributed by atoms with Crippen molar-refractivity contribution in [2.45, 2.75) is 50.1 Å². The van der Waals surface area contributed by atoms with Gasteiger partial charge in [-0.15, -0.1) is 0 Å². The molecule has 28 heavy (non-hydrogen) atoms. The Labute approximate surface area is 170 Å². The van der Waals surface area contributed by atoms with Gasteiger partial charge >= 0.3 is 5.97 Å². The van der Waals surface area contributed by atoms with E-state index in [1.807, 2.05) is 43.3 Å². The molecular weight excluding hydrogens is 380 g/mol. The number of carbonyl (C=O) groups is 1. The molecule has 0 aliphatic carbocycles. The molecule has 0 saturated carbocycles. The molecule has 1 fully saturated rings. The first-order chi connectivity index (χ1) is 13.4. The largest absolute Gasteiger partial charge is 0.497 e. The average molecular weight is 409 g/mol. The SMILES string of the molecule is COc1ccc(CO[C@H]2[C@H](C)[C@@H](CCC(=O)O)O[C@@H]3SC(N(C)C)=N[C@H]23)cc1. The number of methoxy groups -OCH3 is 1. The van der Waals surface area contributed by atoms with Crippen molar-refractivity contribution in [1.82, 2.24) is 4.90 Å². The van der Waals surface area contributed by atoms with Crippen molar-refractivity contribution < 1.29 is 24.1 Å². The lowest BCUT2D eigenvalue weighted by Crippen LogP contribution is -2.51. The molecule has 1 aromatic rings. The molecule has 0 bridgehead atoms. The Morgan fingerprint density at radius 1 is 1.32 bits per heavy atom. The molecule has 0 unspecified atom stereocenters. The highest BCUT2D eigenvalue weighted by atomic mass is 32.2. The monoisotopic (exact) mass is 408 g/mol. The van der Waals surface area contributed by atoms with Crippen LogP contribution in [-0.2, 0) is 20.9 Å². The molecular formula is C20H28N2O5S. The number of aliphatic imine (C=N–C) groups is 1. The molecule has 0 amide bonds. The van der Waals surface area contributed by atoms with Crippen molar-refractivity contribution in [3.8, 4) is 5.75 Å². The highest BCUT2D eigenvalue weighted by Crippen LogP contribution is 2.41. The zero-order valence-corrected chi connectivity index (χ0v) is 17.5. The van der Waals surface area contributed by atoms with Gasteiger partial charge in [0.1, 0.15) is 17.2 Å². The van der Waals surface area contributed by atoms with Crippen molar-refractivity contribution >= 4 is 22.9 Å². The van der Waals surface area contributed by atoms with E-state index < -0.39 is 5.97 Å². The zero-order chi connectivity index (χ0) is 20.3. The van der Waals surface area contributed by atoms with Crippen molar-refractivity contribution in [2.24, 2.45) is 10.9 Å². The van der Waals surface area contributed by atoms with Gasteiger partial charge in [-0.1, -0.05) is 30.8 Å². The van der Waals surface area contributed by atoms with Gasteiger partial charge in [0.2, 0.25) is 0 Å². The summed E-state index contributed by atoms with van der Waals surface area (Å²) >= 11 is 1.58.